The number of carbonyl (C=O) groups is 1. The quantitative estimate of drug-likeness (QED) is 0.781. The molecule has 0 aliphatic carbocycles. The lowest BCUT2D eigenvalue weighted by molar-refractivity contribution is -0.136. The molecule has 1 unspecified atom stereocenters. The second-order valence-corrected chi connectivity index (χ2v) is 4.86. The van der Waals surface area contributed by atoms with Gasteiger partial charge >= 0.3 is 5.97 Å². The van der Waals surface area contributed by atoms with E-state index in [1.54, 1.807) is 25.2 Å². The molecule has 0 aromatic rings. The van der Waals surface area contributed by atoms with Crippen LogP contribution < -0.4 is 0 Å². The van der Waals surface area contributed by atoms with Gasteiger partial charge < -0.3 is 9.66 Å². The number of hydrogen-bond donors (Lipinski definition) is 1. The molecular weight excluding hydrogens is 266 g/mol. The van der Waals surface area contributed by atoms with Gasteiger partial charge in [-0.3, -0.25) is 13.3 Å². The van der Waals surface area contributed by atoms with Crippen molar-refractivity contribution < 1.29 is 18.7 Å². The fourth-order valence-electron chi connectivity index (χ4n) is 1.88. The Morgan fingerprint density at radius 3 is 2.84 bits per heavy atom. The van der Waals surface area contributed by atoms with Crippen LogP contribution in [0.2, 0.25) is 0 Å². The van der Waals surface area contributed by atoms with E-state index in [1.165, 1.54) is 4.31 Å². The second-order valence-electron chi connectivity index (χ2n) is 3.98. The zero-order chi connectivity index (χ0) is 14.4. The van der Waals surface area contributed by atoms with Gasteiger partial charge in [-0.05, 0) is 24.5 Å². The van der Waals surface area contributed by atoms with Crippen molar-refractivity contribution in [3.05, 3.63) is 47.7 Å². The first-order valence-corrected chi connectivity index (χ1v) is 6.80. The average molecular weight is 282 g/mol. The van der Waals surface area contributed by atoms with E-state index >= 15 is 0 Å². The molecule has 0 radical (unpaired) electrons. The number of hydrogen-bond acceptors (Lipinski definition) is 3. The molecule has 1 rings (SSSR count). The Hall–Kier alpha value is -1.66. The first-order valence-electron chi connectivity index (χ1n) is 5.77. The molecule has 1 aliphatic rings. The van der Waals surface area contributed by atoms with E-state index in [2.05, 4.69) is 6.58 Å². The van der Waals surface area contributed by atoms with Crippen LogP contribution in [0, 0.1) is 0 Å². The standard InChI is InChI=1S/C13H17NO4S/c1-3-5-11-8-10(6-7-13(15)16)9-14(19(17)18)12(11)4-2/h3-5,8H,1,6-7,9H2,2H3,(H,15,16)(H,17,18)/p-1/b11-5-,12-4+. The lowest BCUT2D eigenvalue weighted by Crippen LogP contribution is -2.31. The molecule has 5 nitrogen and oxygen atoms in total. The highest BCUT2D eigenvalue weighted by Crippen LogP contribution is 2.28. The number of carboxylic acids is 1. The highest BCUT2D eigenvalue weighted by Gasteiger charge is 2.20. The lowest BCUT2D eigenvalue weighted by Gasteiger charge is -2.34. The SMILES string of the molecule is C=C/C=C1/C=C(CCC(=O)O)CN(S(=O)[O-])/C1=C/C. The van der Waals surface area contributed by atoms with Crippen LogP contribution in [0.25, 0.3) is 0 Å². The molecular formula is C13H16NO4S-. The first kappa shape index (κ1) is 15.4. The molecule has 1 atom stereocenters. The molecule has 0 bridgehead atoms. The predicted molar refractivity (Wildman–Crippen MR) is 72.6 cm³/mol. The molecule has 0 aromatic heterocycles. The van der Waals surface area contributed by atoms with Crippen molar-refractivity contribution in [3.63, 3.8) is 0 Å². The van der Waals surface area contributed by atoms with E-state index < -0.39 is 17.2 Å². The normalized spacial score (nSPS) is 21.4. The van der Waals surface area contributed by atoms with Crippen LogP contribution in [0.1, 0.15) is 19.8 Å². The van der Waals surface area contributed by atoms with Crippen LogP contribution in [0.15, 0.2) is 47.7 Å². The molecule has 104 valence electrons. The lowest BCUT2D eigenvalue weighted by atomic mass is 9.99. The maximum absolute atomic E-state index is 11.2. The maximum atomic E-state index is 11.2. The number of aliphatic carboxylic acids is 1. The van der Waals surface area contributed by atoms with Gasteiger partial charge in [-0.2, -0.15) is 0 Å². The van der Waals surface area contributed by atoms with Crippen LogP contribution in [0.3, 0.4) is 0 Å². The number of carboxylic acid groups (broad SMARTS) is 1. The van der Waals surface area contributed by atoms with E-state index in [9.17, 15) is 13.6 Å². The maximum Gasteiger partial charge on any atom is 0.303 e. The smallest absolute Gasteiger partial charge is 0.303 e. The van der Waals surface area contributed by atoms with Crippen molar-refractivity contribution in [1.82, 2.24) is 4.31 Å². The Labute approximate surface area is 115 Å². The third kappa shape index (κ3) is 4.18. The monoisotopic (exact) mass is 282 g/mol. The van der Waals surface area contributed by atoms with Gasteiger partial charge in [-0.1, -0.05) is 30.9 Å². The van der Waals surface area contributed by atoms with Crippen LogP contribution in [-0.2, 0) is 16.1 Å². The summed E-state index contributed by atoms with van der Waals surface area (Å²) >= 11 is -2.39. The van der Waals surface area contributed by atoms with E-state index in [1.807, 2.05) is 6.08 Å². The van der Waals surface area contributed by atoms with Crippen molar-refractivity contribution in [2.75, 3.05) is 6.54 Å². The molecule has 19 heavy (non-hydrogen) atoms. The molecule has 1 heterocycles. The average Bonchev–Trinajstić information content (AvgIpc) is 2.36. The zero-order valence-electron chi connectivity index (χ0n) is 10.7. The molecule has 0 aromatic carbocycles. The zero-order valence-corrected chi connectivity index (χ0v) is 11.5. The van der Waals surface area contributed by atoms with Crippen molar-refractivity contribution >= 4 is 17.2 Å². The summed E-state index contributed by atoms with van der Waals surface area (Å²) in [6.45, 7) is 5.54. The Balaban J connectivity index is 3.08. The minimum atomic E-state index is -2.39. The van der Waals surface area contributed by atoms with Gasteiger partial charge in [0.15, 0.2) is 0 Å². The van der Waals surface area contributed by atoms with Gasteiger partial charge in [0.2, 0.25) is 0 Å². The Morgan fingerprint density at radius 1 is 1.68 bits per heavy atom. The van der Waals surface area contributed by atoms with Gasteiger partial charge in [-0.15, -0.1) is 0 Å². The summed E-state index contributed by atoms with van der Waals surface area (Å²) in [5, 5.41) is 8.68. The summed E-state index contributed by atoms with van der Waals surface area (Å²) in [6.07, 6.45) is 7.11. The van der Waals surface area contributed by atoms with Crippen molar-refractivity contribution in [1.29, 1.82) is 0 Å². The fraction of sp³-hybridized carbons (Fsp3) is 0.308. The number of rotatable bonds is 5. The highest BCUT2D eigenvalue weighted by molar-refractivity contribution is 7.76. The molecule has 1 aliphatic heterocycles. The van der Waals surface area contributed by atoms with Gasteiger partial charge in [-0.25, -0.2) is 0 Å². The summed E-state index contributed by atoms with van der Waals surface area (Å²) in [6, 6.07) is 0. The first-order chi connectivity index (χ1) is 8.99. The summed E-state index contributed by atoms with van der Waals surface area (Å²) in [5.74, 6) is -0.901. The summed E-state index contributed by atoms with van der Waals surface area (Å²) in [5.41, 5.74) is 2.06. The van der Waals surface area contributed by atoms with Crippen LogP contribution in [-0.4, -0.2) is 30.7 Å². The second kappa shape index (κ2) is 7.06. The van der Waals surface area contributed by atoms with Crippen molar-refractivity contribution in [2.45, 2.75) is 19.8 Å². The largest absolute Gasteiger partial charge is 0.755 e. The minimum Gasteiger partial charge on any atom is -0.755 e. The number of nitrogens with zero attached hydrogens (tertiary/aromatic N) is 1. The van der Waals surface area contributed by atoms with Crippen LogP contribution in [0.5, 0.6) is 0 Å². The molecule has 0 fully saturated rings. The van der Waals surface area contributed by atoms with Gasteiger partial charge in [0.25, 0.3) is 0 Å². The predicted octanol–water partition coefficient (Wildman–Crippen LogP) is 1.90. The summed E-state index contributed by atoms with van der Waals surface area (Å²) in [7, 11) is 0. The third-order valence-corrected chi connectivity index (χ3v) is 3.37. The van der Waals surface area contributed by atoms with Crippen molar-refractivity contribution in [2.24, 2.45) is 0 Å². The summed E-state index contributed by atoms with van der Waals surface area (Å²) < 4.78 is 23.7. The molecule has 6 heteroatoms. The van der Waals surface area contributed by atoms with E-state index in [-0.39, 0.29) is 13.0 Å². The topological polar surface area (TPSA) is 80.7 Å². The molecule has 0 spiro atoms. The van der Waals surface area contributed by atoms with E-state index in [4.69, 9.17) is 5.11 Å². The number of allylic oxidation sites excluding steroid dienone is 4. The van der Waals surface area contributed by atoms with E-state index in [0.717, 1.165) is 5.57 Å². The van der Waals surface area contributed by atoms with E-state index in [0.29, 0.717) is 17.7 Å². The molecule has 0 amide bonds. The Kier molecular flexibility index (Phi) is 5.72. The Morgan fingerprint density at radius 2 is 2.37 bits per heavy atom. The molecule has 0 saturated carbocycles. The van der Waals surface area contributed by atoms with Gasteiger partial charge in [0.1, 0.15) is 0 Å². The van der Waals surface area contributed by atoms with Gasteiger partial charge in [0, 0.05) is 17.7 Å². The van der Waals surface area contributed by atoms with Crippen LogP contribution >= 0.6 is 0 Å². The third-order valence-electron chi connectivity index (χ3n) is 2.68. The minimum absolute atomic E-state index is 0.0162. The molecule has 1 N–H and O–H groups in total. The Bertz CT molecular complexity index is 491. The molecule has 0 saturated heterocycles. The van der Waals surface area contributed by atoms with Gasteiger partial charge in [0.05, 0.1) is 12.2 Å². The fourth-order valence-corrected chi connectivity index (χ4v) is 2.52. The summed E-state index contributed by atoms with van der Waals surface area (Å²) in [4.78, 5) is 10.6. The highest BCUT2D eigenvalue weighted by atomic mass is 32.2. The van der Waals surface area contributed by atoms with Crippen molar-refractivity contribution in [3.8, 4) is 0 Å². The van der Waals surface area contributed by atoms with Crippen LogP contribution in [0.4, 0.5) is 0 Å².